The van der Waals surface area contributed by atoms with Gasteiger partial charge in [-0.25, -0.2) is 12.8 Å². The summed E-state index contributed by atoms with van der Waals surface area (Å²) in [4.78, 5) is 0. The average molecular weight is 281 g/mol. The average Bonchev–Trinajstić information content (AvgIpc) is 2.25. The molecule has 1 aromatic rings. The second kappa shape index (κ2) is 6.18. The number of nitrogens with one attached hydrogen (secondary N) is 2. The van der Waals surface area contributed by atoms with E-state index in [1.54, 1.807) is 0 Å². The van der Waals surface area contributed by atoms with Crippen LogP contribution in [-0.4, -0.2) is 27.3 Å². The van der Waals surface area contributed by atoms with Crippen LogP contribution in [0.25, 0.3) is 0 Å². The molecular formula is C10H14ClFN2O2S. The van der Waals surface area contributed by atoms with E-state index in [0.29, 0.717) is 13.1 Å². The van der Waals surface area contributed by atoms with Crippen molar-refractivity contribution in [2.45, 2.75) is 6.92 Å². The lowest BCUT2D eigenvalue weighted by Gasteiger charge is -2.09. The third kappa shape index (κ3) is 4.49. The van der Waals surface area contributed by atoms with E-state index < -0.39 is 15.8 Å². The van der Waals surface area contributed by atoms with Gasteiger partial charge in [-0.05, 0) is 18.7 Å². The minimum atomic E-state index is -3.56. The van der Waals surface area contributed by atoms with Crippen molar-refractivity contribution in [2.75, 3.05) is 23.6 Å². The van der Waals surface area contributed by atoms with Gasteiger partial charge in [0.2, 0.25) is 10.0 Å². The predicted octanol–water partition coefficient (Wildman–Crippen LogP) is 1.83. The van der Waals surface area contributed by atoms with E-state index in [9.17, 15) is 12.8 Å². The highest BCUT2D eigenvalue weighted by Gasteiger charge is 2.14. The number of benzene rings is 1. The van der Waals surface area contributed by atoms with Crippen molar-refractivity contribution in [1.29, 1.82) is 0 Å². The summed E-state index contributed by atoms with van der Waals surface area (Å²) in [7, 11) is -3.56. The maximum absolute atomic E-state index is 13.4. The third-order valence-electron chi connectivity index (χ3n) is 2.01. The molecule has 0 aromatic heterocycles. The Bertz CT molecular complexity index is 479. The van der Waals surface area contributed by atoms with Gasteiger partial charge in [0.15, 0.2) is 5.82 Å². The van der Waals surface area contributed by atoms with Gasteiger partial charge in [-0.15, -0.1) is 0 Å². The Balaban J connectivity index is 2.73. The molecule has 0 aliphatic heterocycles. The molecule has 96 valence electrons. The van der Waals surface area contributed by atoms with Gasteiger partial charge < -0.3 is 5.32 Å². The van der Waals surface area contributed by atoms with Gasteiger partial charge in [0.05, 0.1) is 16.5 Å². The molecular weight excluding hydrogens is 267 g/mol. The molecule has 2 N–H and O–H groups in total. The van der Waals surface area contributed by atoms with Crippen molar-refractivity contribution in [1.82, 2.24) is 5.32 Å². The lowest BCUT2D eigenvalue weighted by Crippen LogP contribution is -2.26. The van der Waals surface area contributed by atoms with Gasteiger partial charge in [0.1, 0.15) is 0 Å². The largest absolute Gasteiger partial charge is 0.316 e. The molecule has 0 aliphatic rings. The van der Waals surface area contributed by atoms with Gasteiger partial charge in [0, 0.05) is 6.54 Å². The summed E-state index contributed by atoms with van der Waals surface area (Å²) in [5, 5.41) is 2.76. The molecule has 0 saturated carbocycles. The van der Waals surface area contributed by atoms with Crippen LogP contribution in [0.1, 0.15) is 6.92 Å². The molecule has 0 fully saturated rings. The van der Waals surface area contributed by atoms with Crippen LogP contribution in [-0.2, 0) is 10.0 Å². The van der Waals surface area contributed by atoms with E-state index >= 15 is 0 Å². The number of hydrogen-bond acceptors (Lipinski definition) is 3. The molecule has 0 bridgehead atoms. The summed E-state index contributed by atoms with van der Waals surface area (Å²) < 4.78 is 38.8. The van der Waals surface area contributed by atoms with Crippen LogP contribution in [0.15, 0.2) is 18.2 Å². The standard InChI is InChI=1S/C10H14ClFN2O2S/c1-2-13-6-7-17(15,16)14-9-5-3-4-8(11)10(9)12/h3-5,13-14H,2,6-7H2,1H3. The molecule has 0 spiro atoms. The first kappa shape index (κ1) is 14.2. The van der Waals surface area contributed by atoms with Gasteiger partial charge in [-0.2, -0.15) is 0 Å². The number of hydrogen-bond donors (Lipinski definition) is 2. The van der Waals surface area contributed by atoms with Crippen LogP contribution < -0.4 is 10.0 Å². The fourth-order valence-electron chi connectivity index (χ4n) is 1.18. The Hall–Kier alpha value is -0.850. The maximum Gasteiger partial charge on any atom is 0.234 e. The van der Waals surface area contributed by atoms with Gasteiger partial charge >= 0.3 is 0 Å². The van der Waals surface area contributed by atoms with E-state index in [2.05, 4.69) is 10.0 Å². The summed E-state index contributed by atoms with van der Waals surface area (Å²) in [5.74, 6) is -0.881. The van der Waals surface area contributed by atoms with Crippen molar-refractivity contribution >= 4 is 27.3 Å². The van der Waals surface area contributed by atoms with Crippen LogP contribution >= 0.6 is 11.6 Å². The highest BCUT2D eigenvalue weighted by Crippen LogP contribution is 2.22. The normalized spacial score (nSPS) is 11.5. The van der Waals surface area contributed by atoms with Crippen LogP contribution in [0.5, 0.6) is 0 Å². The molecule has 1 rings (SSSR count). The highest BCUT2D eigenvalue weighted by molar-refractivity contribution is 7.92. The van der Waals surface area contributed by atoms with Gasteiger partial charge in [-0.1, -0.05) is 24.6 Å². The van der Waals surface area contributed by atoms with E-state index in [1.807, 2.05) is 6.92 Å². The summed E-state index contributed by atoms with van der Waals surface area (Å²) in [6, 6.07) is 4.16. The topological polar surface area (TPSA) is 58.2 Å². The molecule has 0 amide bonds. The lowest BCUT2D eigenvalue weighted by atomic mass is 10.3. The zero-order valence-electron chi connectivity index (χ0n) is 9.33. The second-order valence-corrected chi connectivity index (χ2v) is 5.62. The molecule has 0 radical (unpaired) electrons. The smallest absolute Gasteiger partial charge is 0.234 e. The maximum atomic E-state index is 13.4. The Kier molecular flexibility index (Phi) is 5.17. The lowest BCUT2D eigenvalue weighted by molar-refractivity contribution is 0.595. The minimum Gasteiger partial charge on any atom is -0.316 e. The second-order valence-electron chi connectivity index (χ2n) is 3.38. The summed E-state index contributed by atoms with van der Waals surface area (Å²) >= 11 is 5.55. The Morgan fingerprint density at radius 1 is 1.41 bits per heavy atom. The summed E-state index contributed by atoms with van der Waals surface area (Å²) in [6.45, 7) is 2.87. The molecule has 1 aromatic carbocycles. The first-order valence-corrected chi connectivity index (χ1v) is 7.14. The zero-order chi connectivity index (χ0) is 12.9. The zero-order valence-corrected chi connectivity index (χ0v) is 10.9. The molecule has 4 nitrogen and oxygen atoms in total. The monoisotopic (exact) mass is 280 g/mol. The van der Waals surface area contributed by atoms with Crippen LogP contribution in [0.4, 0.5) is 10.1 Å². The summed E-state index contributed by atoms with van der Waals surface area (Å²) in [6.07, 6.45) is 0. The number of sulfonamides is 1. The third-order valence-corrected chi connectivity index (χ3v) is 3.58. The van der Waals surface area contributed by atoms with Crippen molar-refractivity contribution in [3.63, 3.8) is 0 Å². The van der Waals surface area contributed by atoms with E-state index in [0.717, 1.165) is 0 Å². The first-order chi connectivity index (χ1) is 7.96. The van der Waals surface area contributed by atoms with Crippen LogP contribution in [0, 0.1) is 5.82 Å². The Morgan fingerprint density at radius 2 is 2.12 bits per heavy atom. The Labute approximate surface area is 105 Å². The van der Waals surface area contributed by atoms with Crippen LogP contribution in [0.3, 0.4) is 0 Å². The molecule has 0 aliphatic carbocycles. The van der Waals surface area contributed by atoms with E-state index in [4.69, 9.17) is 11.6 Å². The quantitative estimate of drug-likeness (QED) is 0.782. The van der Waals surface area contributed by atoms with Crippen molar-refractivity contribution in [3.8, 4) is 0 Å². The van der Waals surface area contributed by atoms with Crippen molar-refractivity contribution < 1.29 is 12.8 Å². The van der Waals surface area contributed by atoms with Crippen molar-refractivity contribution in [2.24, 2.45) is 0 Å². The molecule has 0 saturated heterocycles. The number of anilines is 1. The van der Waals surface area contributed by atoms with Gasteiger partial charge in [0.25, 0.3) is 0 Å². The molecule has 7 heteroatoms. The van der Waals surface area contributed by atoms with E-state index in [-0.39, 0.29) is 16.5 Å². The minimum absolute atomic E-state index is 0.114. The van der Waals surface area contributed by atoms with Crippen molar-refractivity contribution in [3.05, 3.63) is 29.0 Å². The summed E-state index contributed by atoms with van der Waals surface area (Å²) in [5.41, 5.74) is -0.131. The first-order valence-electron chi connectivity index (χ1n) is 5.11. The predicted molar refractivity (Wildman–Crippen MR) is 67.4 cm³/mol. The molecule has 0 unspecified atom stereocenters. The Morgan fingerprint density at radius 3 is 2.76 bits per heavy atom. The fourth-order valence-corrected chi connectivity index (χ4v) is 2.37. The molecule has 17 heavy (non-hydrogen) atoms. The molecule has 0 atom stereocenters. The fraction of sp³-hybridized carbons (Fsp3) is 0.400. The van der Waals surface area contributed by atoms with Crippen LogP contribution in [0.2, 0.25) is 5.02 Å². The number of halogens is 2. The van der Waals surface area contributed by atoms with E-state index in [1.165, 1.54) is 18.2 Å². The SMILES string of the molecule is CCNCCS(=O)(=O)Nc1cccc(Cl)c1F. The molecule has 0 heterocycles. The van der Waals surface area contributed by atoms with Gasteiger partial charge in [-0.3, -0.25) is 4.72 Å². The highest BCUT2D eigenvalue weighted by atomic mass is 35.5. The number of rotatable bonds is 6.